The molecular weight excluding hydrogens is 322 g/mol. The number of aromatic carboxylic acids is 1. The lowest BCUT2D eigenvalue weighted by atomic mass is 9.93. The largest absolute Gasteiger partial charge is 0.506 e. The number of amides is 2. The number of rotatable bonds is 2. The molecule has 6 nitrogen and oxygen atoms in total. The highest BCUT2D eigenvalue weighted by Crippen LogP contribution is 2.36. The molecule has 0 saturated heterocycles. The number of carboxylic acids is 1. The molecule has 3 aromatic carbocycles. The molecular formula is C19H11NO5. The van der Waals surface area contributed by atoms with Gasteiger partial charge in [0.15, 0.2) is 0 Å². The number of imide groups is 1. The number of hydrogen-bond donors (Lipinski definition) is 2. The lowest BCUT2D eigenvalue weighted by Crippen LogP contribution is -2.40. The zero-order valence-electron chi connectivity index (χ0n) is 12.8. The van der Waals surface area contributed by atoms with E-state index in [9.17, 15) is 19.5 Å². The summed E-state index contributed by atoms with van der Waals surface area (Å²) in [6, 6.07) is 13.7. The number of carboxylic acid groups (broad SMARTS) is 1. The van der Waals surface area contributed by atoms with Crippen LogP contribution in [0.15, 0.2) is 54.6 Å². The fourth-order valence-electron chi connectivity index (χ4n) is 3.08. The van der Waals surface area contributed by atoms with Crippen LogP contribution in [-0.4, -0.2) is 28.0 Å². The van der Waals surface area contributed by atoms with Crippen molar-refractivity contribution in [3.63, 3.8) is 0 Å². The van der Waals surface area contributed by atoms with Gasteiger partial charge in [0.05, 0.1) is 11.3 Å². The number of phenolic OH excluding ortho intramolecular Hbond substituents is 1. The highest BCUT2D eigenvalue weighted by molar-refractivity contribution is 6.36. The van der Waals surface area contributed by atoms with Crippen LogP contribution in [0.2, 0.25) is 0 Å². The summed E-state index contributed by atoms with van der Waals surface area (Å²) >= 11 is 0. The summed E-state index contributed by atoms with van der Waals surface area (Å²) in [5.74, 6) is -2.78. The third-order valence-corrected chi connectivity index (χ3v) is 4.23. The lowest BCUT2D eigenvalue weighted by Gasteiger charge is -2.27. The molecule has 1 aliphatic heterocycles. The predicted molar refractivity (Wildman–Crippen MR) is 90.2 cm³/mol. The van der Waals surface area contributed by atoms with Gasteiger partial charge in [-0.3, -0.25) is 9.59 Å². The maximum Gasteiger partial charge on any atom is 0.335 e. The minimum absolute atomic E-state index is 0.134. The van der Waals surface area contributed by atoms with Crippen molar-refractivity contribution in [3.8, 4) is 5.75 Å². The summed E-state index contributed by atoms with van der Waals surface area (Å²) in [7, 11) is 0. The van der Waals surface area contributed by atoms with Crippen molar-refractivity contribution in [2.45, 2.75) is 0 Å². The zero-order valence-corrected chi connectivity index (χ0v) is 12.8. The van der Waals surface area contributed by atoms with Crippen LogP contribution in [-0.2, 0) is 0 Å². The molecule has 0 saturated carbocycles. The van der Waals surface area contributed by atoms with Crippen molar-refractivity contribution in [3.05, 3.63) is 71.3 Å². The molecule has 2 N–H and O–H groups in total. The fraction of sp³-hybridized carbons (Fsp3) is 0. The lowest BCUT2D eigenvalue weighted by molar-refractivity contribution is 0.0695. The summed E-state index contributed by atoms with van der Waals surface area (Å²) in [5.41, 5.74) is 0.368. The van der Waals surface area contributed by atoms with Gasteiger partial charge in [0.1, 0.15) is 5.75 Å². The van der Waals surface area contributed by atoms with Crippen LogP contribution in [0.1, 0.15) is 31.1 Å². The van der Waals surface area contributed by atoms with E-state index in [1.54, 1.807) is 36.4 Å². The van der Waals surface area contributed by atoms with Gasteiger partial charge in [-0.2, -0.15) is 0 Å². The first-order chi connectivity index (χ1) is 12.0. The smallest absolute Gasteiger partial charge is 0.335 e. The molecule has 3 aromatic rings. The van der Waals surface area contributed by atoms with Gasteiger partial charge in [-0.05, 0) is 35.7 Å². The Morgan fingerprint density at radius 1 is 0.880 bits per heavy atom. The normalized spacial score (nSPS) is 13.4. The van der Waals surface area contributed by atoms with Crippen LogP contribution in [0.3, 0.4) is 0 Å². The molecule has 0 spiro atoms. The van der Waals surface area contributed by atoms with E-state index < -0.39 is 17.8 Å². The number of nitrogens with zero attached hydrogens (tertiary/aromatic N) is 1. The van der Waals surface area contributed by atoms with Gasteiger partial charge in [0.25, 0.3) is 11.8 Å². The molecule has 0 unspecified atom stereocenters. The quantitative estimate of drug-likeness (QED) is 0.703. The fourth-order valence-corrected chi connectivity index (χ4v) is 3.08. The Bertz CT molecular complexity index is 1040. The van der Waals surface area contributed by atoms with Crippen molar-refractivity contribution in [2.24, 2.45) is 0 Å². The maximum atomic E-state index is 12.9. The minimum atomic E-state index is -1.22. The molecule has 6 heteroatoms. The van der Waals surface area contributed by atoms with Crippen LogP contribution < -0.4 is 4.90 Å². The number of anilines is 1. The molecule has 0 fully saturated rings. The monoisotopic (exact) mass is 333 g/mol. The van der Waals surface area contributed by atoms with Crippen molar-refractivity contribution in [1.82, 2.24) is 0 Å². The number of phenols is 1. The zero-order chi connectivity index (χ0) is 17.7. The number of hydrogen-bond acceptors (Lipinski definition) is 4. The van der Waals surface area contributed by atoms with Crippen LogP contribution in [0, 0.1) is 0 Å². The van der Waals surface area contributed by atoms with Gasteiger partial charge in [-0.15, -0.1) is 0 Å². The SMILES string of the molecule is O=C(O)c1ccc(O)c(N2C(=O)c3cccc4cccc(c34)C2=O)c1. The van der Waals surface area contributed by atoms with E-state index >= 15 is 0 Å². The Balaban J connectivity index is 1.98. The highest BCUT2D eigenvalue weighted by atomic mass is 16.4. The van der Waals surface area contributed by atoms with Gasteiger partial charge in [-0.25, -0.2) is 9.69 Å². The van der Waals surface area contributed by atoms with E-state index in [1.165, 1.54) is 6.07 Å². The molecule has 1 aliphatic rings. The van der Waals surface area contributed by atoms with Crippen molar-refractivity contribution in [1.29, 1.82) is 0 Å². The summed E-state index contributed by atoms with van der Waals surface area (Å²) < 4.78 is 0. The van der Waals surface area contributed by atoms with Gasteiger partial charge in [0, 0.05) is 16.5 Å². The second-order valence-corrected chi connectivity index (χ2v) is 5.66. The van der Waals surface area contributed by atoms with Crippen LogP contribution in [0.5, 0.6) is 5.75 Å². The molecule has 0 bridgehead atoms. The molecule has 0 radical (unpaired) electrons. The number of carbonyl (C=O) groups excluding carboxylic acids is 2. The Morgan fingerprint density at radius 3 is 2.04 bits per heavy atom. The summed E-state index contributed by atoms with van der Waals surface area (Å²) in [6.45, 7) is 0. The molecule has 0 atom stereocenters. The predicted octanol–water partition coefficient (Wildman–Crippen LogP) is 3.04. The van der Waals surface area contributed by atoms with E-state index in [0.717, 1.165) is 22.4 Å². The van der Waals surface area contributed by atoms with E-state index in [4.69, 9.17) is 5.11 Å². The molecule has 2 amide bonds. The number of aromatic hydroxyl groups is 1. The van der Waals surface area contributed by atoms with E-state index in [0.29, 0.717) is 16.5 Å². The summed E-state index contributed by atoms with van der Waals surface area (Å²) in [5, 5.41) is 20.6. The highest BCUT2D eigenvalue weighted by Gasteiger charge is 2.35. The number of carbonyl (C=O) groups is 3. The minimum Gasteiger partial charge on any atom is -0.506 e. The van der Waals surface area contributed by atoms with Crippen LogP contribution in [0.4, 0.5) is 5.69 Å². The van der Waals surface area contributed by atoms with Gasteiger partial charge >= 0.3 is 5.97 Å². The third kappa shape index (κ3) is 2.08. The van der Waals surface area contributed by atoms with E-state index in [-0.39, 0.29) is 17.0 Å². The van der Waals surface area contributed by atoms with Crippen LogP contribution in [0.25, 0.3) is 10.8 Å². The first-order valence-electron chi connectivity index (χ1n) is 7.46. The van der Waals surface area contributed by atoms with Gasteiger partial charge in [0.2, 0.25) is 0 Å². The first kappa shape index (κ1) is 14.9. The molecule has 25 heavy (non-hydrogen) atoms. The van der Waals surface area contributed by atoms with Crippen molar-refractivity contribution in [2.75, 3.05) is 4.90 Å². The maximum absolute atomic E-state index is 12.9. The summed E-state index contributed by atoms with van der Waals surface area (Å²) in [4.78, 5) is 37.8. The topological polar surface area (TPSA) is 94.9 Å². The molecule has 4 rings (SSSR count). The van der Waals surface area contributed by atoms with E-state index in [1.807, 2.05) is 0 Å². The average molecular weight is 333 g/mol. The first-order valence-corrected chi connectivity index (χ1v) is 7.46. The average Bonchev–Trinajstić information content (AvgIpc) is 2.61. The molecule has 1 heterocycles. The Morgan fingerprint density at radius 2 is 1.48 bits per heavy atom. The van der Waals surface area contributed by atoms with Crippen LogP contribution >= 0.6 is 0 Å². The molecule has 122 valence electrons. The standard InChI is InChI=1S/C19H11NO5/c21-15-8-7-11(19(24)25)9-14(15)20-17(22)12-5-1-3-10-4-2-6-13(16(10)12)18(20)23/h1-9,21H,(H,24,25). The third-order valence-electron chi connectivity index (χ3n) is 4.23. The second kappa shape index (κ2) is 5.17. The second-order valence-electron chi connectivity index (χ2n) is 5.66. The molecule has 0 aromatic heterocycles. The Hall–Kier alpha value is -3.67. The van der Waals surface area contributed by atoms with Gasteiger partial charge < -0.3 is 10.2 Å². The molecule has 0 aliphatic carbocycles. The summed E-state index contributed by atoms with van der Waals surface area (Å²) in [6.07, 6.45) is 0. The Kier molecular flexibility index (Phi) is 3.08. The van der Waals surface area contributed by atoms with Crippen molar-refractivity contribution >= 4 is 34.2 Å². The van der Waals surface area contributed by atoms with E-state index in [2.05, 4.69) is 0 Å². The van der Waals surface area contributed by atoms with Crippen molar-refractivity contribution < 1.29 is 24.6 Å². The number of benzene rings is 3. The Labute approximate surface area is 141 Å². The van der Waals surface area contributed by atoms with Gasteiger partial charge in [-0.1, -0.05) is 24.3 Å².